The molecule has 0 unspecified atom stereocenters. The minimum atomic E-state index is -0.272. The van der Waals surface area contributed by atoms with Crippen LogP contribution < -0.4 is 5.32 Å². The number of imidazole rings is 1. The Morgan fingerprint density at radius 2 is 1.71 bits per heavy atom. The largest absolute Gasteiger partial charge is 0.345 e. The molecule has 0 atom stereocenters. The summed E-state index contributed by atoms with van der Waals surface area (Å²) in [5.41, 5.74) is 3.16. The van der Waals surface area contributed by atoms with Gasteiger partial charge in [-0.1, -0.05) is 48.0 Å². The second-order valence-corrected chi connectivity index (χ2v) is 6.80. The molecule has 4 rings (SSSR count). The first-order valence-electron chi connectivity index (χ1n) is 8.83. The summed E-state index contributed by atoms with van der Waals surface area (Å²) in [6.07, 6.45) is 0. The average molecular weight is 394 g/mol. The van der Waals surface area contributed by atoms with Gasteiger partial charge in [0.15, 0.2) is 0 Å². The number of para-hydroxylation sites is 2. The lowest BCUT2D eigenvalue weighted by atomic mass is 10.2. The van der Waals surface area contributed by atoms with E-state index in [1.165, 1.54) is 12.1 Å². The molecule has 1 N–H and O–H groups in total. The van der Waals surface area contributed by atoms with E-state index >= 15 is 0 Å². The number of nitrogens with zero attached hydrogens (tertiary/aromatic N) is 2. The molecular weight excluding hydrogens is 377 g/mol. The molecule has 1 amide bonds. The molecule has 140 valence electrons. The zero-order valence-electron chi connectivity index (χ0n) is 14.9. The van der Waals surface area contributed by atoms with Crippen LogP contribution in [0.25, 0.3) is 11.0 Å². The summed E-state index contributed by atoms with van der Waals surface area (Å²) >= 11 is 6.10. The maximum absolute atomic E-state index is 13.2. The lowest BCUT2D eigenvalue weighted by Gasteiger charge is -2.11. The molecule has 0 spiro atoms. The van der Waals surface area contributed by atoms with Crippen LogP contribution in [0.15, 0.2) is 72.8 Å². The molecule has 6 heteroatoms. The van der Waals surface area contributed by atoms with Crippen molar-refractivity contribution in [2.24, 2.45) is 0 Å². The molecule has 0 radical (unpaired) electrons. The van der Waals surface area contributed by atoms with Crippen molar-refractivity contribution >= 4 is 28.5 Å². The monoisotopic (exact) mass is 393 g/mol. The van der Waals surface area contributed by atoms with Crippen molar-refractivity contribution in [1.29, 1.82) is 0 Å². The molecule has 0 aliphatic heterocycles. The van der Waals surface area contributed by atoms with E-state index in [9.17, 15) is 9.18 Å². The predicted molar refractivity (Wildman–Crippen MR) is 108 cm³/mol. The number of amides is 1. The van der Waals surface area contributed by atoms with Gasteiger partial charge in [0.25, 0.3) is 5.91 Å². The van der Waals surface area contributed by atoms with Crippen LogP contribution in [-0.2, 0) is 13.1 Å². The Kier molecular flexibility index (Phi) is 5.08. The van der Waals surface area contributed by atoms with Crippen LogP contribution in [0.4, 0.5) is 4.39 Å². The lowest BCUT2D eigenvalue weighted by Crippen LogP contribution is -2.25. The van der Waals surface area contributed by atoms with Crippen LogP contribution in [0.5, 0.6) is 0 Å². The van der Waals surface area contributed by atoms with Crippen molar-refractivity contribution in [1.82, 2.24) is 14.9 Å². The maximum Gasteiger partial charge on any atom is 0.253 e. The molecule has 0 bridgehead atoms. The summed E-state index contributed by atoms with van der Waals surface area (Å²) in [6.45, 7) is 0.776. The van der Waals surface area contributed by atoms with Gasteiger partial charge in [0.2, 0.25) is 0 Å². The number of hydrogen-bond acceptors (Lipinski definition) is 2. The lowest BCUT2D eigenvalue weighted by molar-refractivity contribution is 0.0949. The quantitative estimate of drug-likeness (QED) is 0.529. The molecule has 3 aromatic carbocycles. The number of rotatable bonds is 5. The average Bonchev–Trinajstić information content (AvgIpc) is 3.06. The Balaban J connectivity index is 1.62. The molecule has 0 saturated carbocycles. The number of carbonyl (C=O) groups is 1. The number of halogens is 2. The van der Waals surface area contributed by atoms with Crippen molar-refractivity contribution in [2.45, 2.75) is 13.1 Å². The van der Waals surface area contributed by atoms with Gasteiger partial charge < -0.3 is 9.88 Å². The highest BCUT2D eigenvalue weighted by Crippen LogP contribution is 2.19. The summed E-state index contributed by atoms with van der Waals surface area (Å²) in [5, 5.41) is 3.29. The minimum absolute atomic E-state index is 0.250. The first kappa shape index (κ1) is 18.2. The van der Waals surface area contributed by atoms with Crippen molar-refractivity contribution in [3.63, 3.8) is 0 Å². The third kappa shape index (κ3) is 3.75. The fourth-order valence-corrected chi connectivity index (χ4v) is 3.33. The van der Waals surface area contributed by atoms with E-state index in [2.05, 4.69) is 10.3 Å². The molecule has 1 heterocycles. The van der Waals surface area contributed by atoms with Crippen LogP contribution in [0, 0.1) is 5.82 Å². The molecule has 4 nitrogen and oxygen atoms in total. The number of benzene rings is 3. The Morgan fingerprint density at radius 3 is 2.50 bits per heavy atom. The predicted octanol–water partition coefficient (Wildman–Crippen LogP) is 4.81. The third-order valence-electron chi connectivity index (χ3n) is 4.51. The van der Waals surface area contributed by atoms with E-state index in [0.29, 0.717) is 23.0 Å². The van der Waals surface area contributed by atoms with Crippen molar-refractivity contribution < 1.29 is 9.18 Å². The second kappa shape index (κ2) is 7.82. The Morgan fingerprint density at radius 1 is 1.00 bits per heavy atom. The second-order valence-electron chi connectivity index (χ2n) is 6.39. The maximum atomic E-state index is 13.2. The van der Waals surface area contributed by atoms with Crippen LogP contribution in [0.3, 0.4) is 0 Å². The topological polar surface area (TPSA) is 46.9 Å². The summed E-state index contributed by atoms with van der Waals surface area (Å²) in [7, 11) is 0. The van der Waals surface area contributed by atoms with Crippen LogP contribution in [0.1, 0.15) is 21.7 Å². The van der Waals surface area contributed by atoms with E-state index in [4.69, 9.17) is 11.6 Å². The summed E-state index contributed by atoms with van der Waals surface area (Å²) in [4.78, 5) is 17.1. The first-order valence-corrected chi connectivity index (χ1v) is 9.21. The molecular formula is C22H17ClFN3O. The number of fused-ring (bicyclic) bond motifs is 1. The Bertz CT molecular complexity index is 1140. The van der Waals surface area contributed by atoms with Gasteiger partial charge >= 0.3 is 0 Å². The SMILES string of the molecule is O=C(NCc1nc2ccccc2n1Cc1ccc(F)cc1)c1ccccc1Cl. The third-order valence-corrected chi connectivity index (χ3v) is 4.84. The Hall–Kier alpha value is -3.18. The van der Waals surface area contributed by atoms with Gasteiger partial charge in [0, 0.05) is 6.54 Å². The Labute approximate surface area is 166 Å². The van der Waals surface area contributed by atoms with Gasteiger partial charge in [-0.25, -0.2) is 9.37 Å². The van der Waals surface area contributed by atoms with E-state index in [1.54, 1.807) is 36.4 Å². The molecule has 0 aliphatic rings. The molecule has 1 aromatic heterocycles. The highest BCUT2D eigenvalue weighted by atomic mass is 35.5. The number of aromatic nitrogens is 2. The van der Waals surface area contributed by atoms with Gasteiger partial charge in [-0.3, -0.25) is 4.79 Å². The summed E-state index contributed by atoms with van der Waals surface area (Å²) in [6, 6.07) is 21.0. The zero-order valence-corrected chi connectivity index (χ0v) is 15.7. The van der Waals surface area contributed by atoms with Crippen molar-refractivity contribution in [3.8, 4) is 0 Å². The van der Waals surface area contributed by atoms with Gasteiger partial charge in [-0.05, 0) is 42.0 Å². The highest BCUT2D eigenvalue weighted by molar-refractivity contribution is 6.33. The van der Waals surface area contributed by atoms with Gasteiger partial charge in [-0.2, -0.15) is 0 Å². The minimum Gasteiger partial charge on any atom is -0.345 e. The van der Waals surface area contributed by atoms with Crippen LogP contribution >= 0.6 is 11.6 Å². The standard InChI is InChI=1S/C22H17ClFN3O/c23-18-6-2-1-5-17(18)22(28)25-13-21-26-19-7-3-4-8-20(19)27(21)14-15-9-11-16(24)12-10-15/h1-12H,13-14H2,(H,25,28). The normalized spacial score (nSPS) is 10.9. The van der Waals surface area contributed by atoms with Gasteiger partial charge in [0.05, 0.1) is 28.2 Å². The number of nitrogens with one attached hydrogen (secondary N) is 1. The number of hydrogen-bond donors (Lipinski definition) is 1. The van der Waals surface area contributed by atoms with Gasteiger partial charge in [-0.15, -0.1) is 0 Å². The number of carbonyl (C=O) groups excluding carboxylic acids is 1. The first-order chi connectivity index (χ1) is 13.6. The smallest absolute Gasteiger partial charge is 0.253 e. The highest BCUT2D eigenvalue weighted by Gasteiger charge is 2.14. The molecule has 0 saturated heterocycles. The molecule has 0 fully saturated rings. The molecule has 28 heavy (non-hydrogen) atoms. The van der Waals surface area contributed by atoms with E-state index in [-0.39, 0.29) is 18.3 Å². The van der Waals surface area contributed by atoms with Crippen LogP contribution in [0.2, 0.25) is 5.02 Å². The van der Waals surface area contributed by atoms with Crippen LogP contribution in [-0.4, -0.2) is 15.5 Å². The van der Waals surface area contributed by atoms with Crippen molar-refractivity contribution in [2.75, 3.05) is 0 Å². The molecule has 4 aromatic rings. The van der Waals surface area contributed by atoms with Gasteiger partial charge in [0.1, 0.15) is 11.6 Å². The van der Waals surface area contributed by atoms with E-state index in [1.807, 2.05) is 28.8 Å². The molecule has 0 aliphatic carbocycles. The summed E-state index contributed by atoms with van der Waals surface area (Å²) in [5.74, 6) is 0.184. The van der Waals surface area contributed by atoms with E-state index in [0.717, 1.165) is 16.6 Å². The zero-order chi connectivity index (χ0) is 19.5. The fraction of sp³-hybridized carbons (Fsp3) is 0.0909. The fourth-order valence-electron chi connectivity index (χ4n) is 3.11. The summed E-state index contributed by atoms with van der Waals surface area (Å²) < 4.78 is 15.2. The van der Waals surface area contributed by atoms with Crippen molar-refractivity contribution in [3.05, 3.63) is 101 Å². The van der Waals surface area contributed by atoms with E-state index < -0.39 is 0 Å².